The molecule has 0 aliphatic carbocycles. The average molecular weight is 261 g/mol. The summed E-state index contributed by atoms with van der Waals surface area (Å²) >= 11 is 0. The number of anilines is 2. The lowest BCUT2D eigenvalue weighted by Gasteiger charge is -2.19. The lowest BCUT2D eigenvalue weighted by molar-refractivity contribution is -0.137. The summed E-state index contributed by atoms with van der Waals surface area (Å²) in [4.78, 5) is 11.6. The molecule has 0 fully saturated rings. The first kappa shape index (κ1) is 14.3. The van der Waals surface area contributed by atoms with E-state index in [2.05, 4.69) is 5.32 Å². The molecule has 0 atom stereocenters. The SMILES string of the molecule is CC(C)(N)C(=O)Nc1ccc(C(F)(F)F)cc1N. The molecule has 7 heteroatoms. The fraction of sp³-hybridized carbons (Fsp3) is 0.364. The van der Waals surface area contributed by atoms with Crippen LogP contribution in [0.3, 0.4) is 0 Å². The zero-order valence-electron chi connectivity index (χ0n) is 9.93. The fourth-order valence-electron chi connectivity index (χ4n) is 1.14. The molecule has 100 valence electrons. The Labute approximate surface area is 102 Å². The van der Waals surface area contributed by atoms with Crippen molar-refractivity contribution in [3.05, 3.63) is 23.8 Å². The molecule has 0 aromatic heterocycles. The van der Waals surface area contributed by atoms with Gasteiger partial charge in [0.15, 0.2) is 0 Å². The van der Waals surface area contributed by atoms with Crippen LogP contribution < -0.4 is 16.8 Å². The van der Waals surface area contributed by atoms with Crippen LogP contribution in [-0.4, -0.2) is 11.4 Å². The monoisotopic (exact) mass is 261 g/mol. The van der Waals surface area contributed by atoms with E-state index in [1.165, 1.54) is 13.8 Å². The summed E-state index contributed by atoms with van der Waals surface area (Å²) in [6.07, 6.45) is -4.47. The summed E-state index contributed by atoms with van der Waals surface area (Å²) in [6.45, 7) is 2.95. The number of nitrogens with two attached hydrogens (primary N) is 2. The number of rotatable bonds is 2. The molecule has 0 saturated carbocycles. The van der Waals surface area contributed by atoms with E-state index in [1.807, 2.05) is 0 Å². The van der Waals surface area contributed by atoms with Crippen LogP contribution in [0.15, 0.2) is 18.2 Å². The van der Waals surface area contributed by atoms with Crippen molar-refractivity contribution >= 4 is 17.3 Å². The number of hydrogen-bond donors (Lipinski definition) is 3. The van der Waals surface area contributed by atoms with Crippen LogP contribution in [0.4, 0.5) is 24.5 Å². The van der Waals surface area contributed by atoms with Gasteiger partial charge in [0, 0.05) is 0 Å². The quantitative estimate of drug-likeness (QED) is 0.712. The fourth-order valence-corrected chi connectivity index (χ4v) is 1.14. The molecule has 0 heterocycles. The van der Waals surface area contributed by atoms with E-state index >= 15 is 0 Å². The standard InChI is InChI=1S/C11H14F3N3O/c1-10(2,16)9(18)17-8-4-3-6(5-7(8)15)11(12,13)14/h3-5H,15-16H2,1-2H3,(H,17,18). The molecule has 18 heavy (non-hydrogen) atoms. The Morgan fingerprint density at radius 2 is 1.83 bits per heavy atom. The van der Waals surface area contributed by atoms with Gasteiger partial charge in [0.1, 0.15) is 0 Å². The maximum Gasteiger partial charge on any atom is 0.416 e. The summed E-state index contributed by atoms with van der Waals surface area (Å²) in [5, 5.41) is 2.37. The summed E-state index contributed by atoms with van der Waals surface area (Å²) in [5.41, 5.74) is 8.92. The molecular weight excluding hydrogens is 247 g/mol. The van der Waals surface area contributed by atoms with Crippen molar-refractivity contribution < 1.29 is 18.0 Å². The van der Waals surface area contributed by atoms with Crippen LogP contribution in [0.2, 0.25) is 0 Å². The number of carbonyl (C=O) groups is 1. The van der Waals surface area contributed by atoms with Crippen LogP contribution in [-0.2, 0) is 11.0 Å². The molecule has 0 aliphatic heterocycles. The molecule has 1 rings (SSSR count). The van der Waals surface area contributed by atoms with Crippen LogP contribution in [0, 0.1) is 0 Å². The average Bonchev–Trinajstić information content (AvgIpc) is 2.17. The topological polar surface area (TPSA) is 81.1 Å². The lowest BCUT2D eigenvalue weighted by atomic mass is 10.1. The van der Waals surface area contributed by atoms with Crippen LogP contribution in [0.25, 0.3) is 0 Å². The number of carbonyl (C=O) groups excluding carboxylic acids is 1. The Bertz CT molecular complexity index is 464. The van der Waals surface area contributed by atoms with Crippen molar-refractivity contribution in [1.82, 2.24) is 0 Å². The number of amides is 1. The number of nitrogen functional groups attached to an aromatic ring is 1. The Morgan fingerprint density at radius 1 is 1.28 bits per heavy atom. The highest BCUT2D eigenvalue weighted by Gasteiger charge is 2.31. The molecule has 1 aromatic rings. The molecule has 4 nitrogen and oxygen atoms in total. The van der Waals surface area contributed by atoms with Crippen molar-refractivity contribution in [2.45, 2.75) is 25.6 Å². The van der Waals surface area contributed by atoms with Crippen LogP contribution in [0.1, 0.15) is 19.4 Å². The normalized spacial score (nSPS) is 12.3. The van der Waals surface area contributed by atoms with Gasteiger partial charge in [0.05, 0.1) is 22.5 Å². The molecule has 0 saturated heterocycles. The van der Waals surface area contributed by atoms with E-state index < -0.39 is 23.2 Å². The number of hydrogen-bond acceptors (Lipinski definition) is 3. The van der Waals surface area contributed by atoms with Gasteiger partial charge >= 0.3 is 6.18 Å². The first-order valence-electron chi connectivity index (χ1n) is 5.09. The highest BCUT2D eigenvalue weighted by atomic mass is 19.4. The number of alkyl halides is 3. The van der Waals surface area contributed by atoms with Gasteiger partial charge in [-0.3, -0.25) is 4.79 Å². The van der Waals surface area contributed by atoms with Gasteiger partial charge in [-0.2, -0.15) is 13.2 Å². The third-order valence-corrected chi connectivity index (χ3v) is 2.21. The molecule has 0 aliphatic rings. The summed E-state index contributed by atoms with van der Waals surface area (Å²) in [7, 11) is 0. The highest BCUT2D eigenvalue weighted by molar-refractivity contribution is 5.99. The Morgan fingerprint density at radius 3 is 2.22 bits per heavy atom. The van der Waals surface area contributed by atoms with E-state index in [9.17, 15) is 18.0 Å². The maximum absolute atomic E-state index is 12.4. The first-order valence-corrected chi connectivity index (χ1v) is 5.09. The highest BCUT2D eigenvalue weighted by Crippen LogP contribution is 2.32. The maximum atomic E-state index is 12.4. The number of halogens is 3. The second-order valence-electron chi connectivity index (χ2n) is 4.48. The van der Waals surface area contributed by atoms with Crippen LogP contribution >= 0.6 is 0 Å². The predicted octanol–water partition coefficient (Wildman–Crippen LogP) is 1.96. The number of nitrogens with one attached hydrogen (secondary N) is 1. The molecular formula is C11H14F3N3O. The van der Waals surface area contributed by atoms with Crippen molar-refractivity contribution in [2.75, 3.05) is 11.1 Å². The smallest absolute Gasteiger partial charge is 0.397 e. The van der Waals surface area contributed by atoms with Crippen molar-refractivity contribution in [3.63, 3.8) is 0 Å². The predicted molar refractivity (Wildman–Crippen MR) is 62.8 cm³/mol. The van der Waals surface area contributed by atoms with Gasteiger partial charge in [-0.15, -0.1) is 0 Å². The minimum atomic E-state index is -4.47. The molecule has 0 unspecified atom stereocenters. The zero-order chi connectivity index (χ0) is 14.1. The molecule has 1 aromatic carbocycles. The van der Waals surface area contributed by atoms with Crippen molar-refractivity contribution in [1.29, 1.82) is 0 Å². The van der Waals surface area contributed by atoms with E-state index in [1.54, 1.807) is 0 Å². The van der Waals surface area contributed by atoms with E-state index in [4.69, 9.17) is 11.5 Å². The second-order valence-corrected chi connectivity index (χ2v) is 4.48. The van der Waals surface area contributed by atoms with Gasteiger partial charge in [-0.25, -0.2) is 0 Å². The summed E-state index contributed by atoms with van der Waals surface area (Å²) in [6, 6.07) is 2.70. The van der Waals surface area contributed by atoms with E-state index in [0.717, 1.165) is 18.2 Å². The van der Waals surface area contributed by atoms with Gasteiger partial charge in [-0.1, -0.05) is 0 Å². The second kappa shape index (κ2) is 4.49. The Kier molecular flexibility index (Phi) is 3.57. The van der Waals surface area contributed by atoms with E-state index in [0.29, 0.717) is 0 Å². The lowest BCUT2D eigenvalue weighted by Crippen LogP contribution is -2.45. The van der Waals surface area contributed by atoms with E-state index in [-0.39, 0.29) is 11.4 Å². The number of benzene rings is 1. The third kappa shape index (κ3) is 3.36. The largest absolute Gasteiger partial charge is 0.416 e. The molecule has 1 amide bonds. The van der Waals surface area contributed by atoms with Crippen molar-refractivity contribution in [2.24, 2.45) is 5.73 Å². The zero-order valence-corrected chi connectivity index (χ0v) is 9.93. The summed E-state index contributed by atoms with van der Waals surface area (Å²) < 4.78 is 37.2. The first-order chi connectivity index (χ1) is 8.01. The van der Waals surface area contributed by atoms with Crippen LogP contribution in [0.5, 0.6) is 0 Å². The Balaban J connectivity index is 2.98. The Hall–Kier alpha value is -1.76. The van der Waals surface area contributed by atoms with Gasteiger partial charge in [-0.05, 0) is 32.0 Å². The third-order valence-electron chi connectivity index (χ3n) is 2.21. The summed E-state index contributed by atoms with van der Waals surface area (Å²) in [5.74, 6) is -0.533. The minimum Gasteiger partial charge on any atom is -0.397 e. The van der Waals surface area contributed by atoms with Gasteiger partial charge < -0.3 is 16.8 Å². The minimum absolute atomic E-state index is 0.103. The molecule has 5 N–H and O–H groups in total. The van der Waals surface area contributed by atoms with Crippen molar-refractivity contribution in [3.8, 4) is 0 Å². The van der Waals surface area contributed by atoms with Gasteiger partial charge in [0.2, 0.25) is 5.91 Å². The molecule has 0 radical (unpaired) electrons. The molecule has 0 spiro atoms. The molecule has 0 bridgehead atoms. The van der Waals surface area contributed by atoms with Gasteiger partial charge in [0.25, 0.3) is 0 Å².